The number of esters is 1. The predicted molar refractivity (Wildman–Crippen MR) is 136 cm³/mol. The van der Waals surface area contributed by atoms with E-state index in [1.165, 1.54) is 15.6 Å². The molecule has 1 spiro atoms. The van der Waals surface area contributed by atoms with E-state index in [9.17, 15) is 13.2 Å². The Hall–Kier alpha value is -2.42. The number of nitrogens with zero attached hydrogens (tertiary/aromatic N) is 3. The second-order valence-corrected chi connectivity index (χ2v) is 12.1. The van der Waals surface area contributed by atoms with Crippen molar-refractivity contribution in [3.05, 3.63) is 60.2 Å². The summed E-state index contributed by atoms with van der Waals surface area (Å²) in [5, 5.41) is 0. The second kappa shape index (κ2) is 9.91. The van der Waals surface area contributed by atoms with E-state index in [4.69, 9.17) is 4.74 Å². The van der Waals surface area contributed by atoms with Crippen LogP contribution in [0, 0.1) is 12.3 Å². The van der Waals surface area contributed by atoms with Gasteiger partial charge < -0.3 is 9.64 Å². The number of piperidine rings is 1. The standard InChI is InChI=1S/C27H35N3O4S/c1-22-7-9-23(10-8-22)29-19-17-28(18-20-29)14-11-24-21-27(26(31)34-24)12-15-30(16-13-27)35(32,33)25-5-3-2-4-6-25/h2-10,24H,11-21H2,1H3/t24-/m1/s1. The number of aryl methyl sites for hydroxylation is 1. The summed E-state index contributed by atoms with van der Waals surface area (Å²) in [6, 6.07) is 17.2. The summed E-state index contributed by atoms with van der Waals surface area (Å²) < 4.78 is 33.2. The maximum atomic E-state index is 12.9. The highest BCUT2D eigenvalue weighted by Crippen LogP contribution is 2.44. The van der Waals surface area contributed by atoms with Gasteiger partial charge in [-0.25, -0.2) is 8.42 Å². The highest BCUT2D eigenvalue weighted by Gasteiger charge is 2.51. The molecule has 3 aliphatic heterocycles. The molecule has 35 heavy (non-hydrogen) atoms. The molecule has 0 radical (unpaired) electrons. The van der Waals surface area contributed by atoms with Crippen LogP contribution in [0.4, 0.5) is 5.69 Å². The third kappa shape index (κ3) is 5.10. The van der Waals surface area contributed by atoms with Crippen molar-refractivity contribution >= 4 is 21.7 Å². The zero-order chi connectivity index (χ0) is 24.5. The van der Waals surface area contributed by atoms with Crippen LogP contribution in [0.15, 0.2) is 59.5 Å². The molecule has 0 bridgehead atoms. The molecule has 3 saturated heterocycles. The quantitative estimate of drug-likeness (QED) is 0.571. The summed E-state index contributed by atoms with van der Waals surface area (Å²) in [5.74, 6) is -0.136. The molecular formula is C27H35N3O4S. The minimum Gasteiger partial charge on any atom is -0.462 e. The molecule has 188 valence electrons. The molecule has 1 atom stereocenters. The number of carbonyl (C=O) groups excluding carboxylic acids is 1. The highest BCUT2D eigenvalue weighted by atomic mass is 32.2. The fourth-order valence-corrected chi connectivity index (χ4v) is 7.08. The topological polar surface area (TPSA) is 70.2 Å². The van der Waals surface area contributed by atoms with E-state index < -0.39 is 15.4 Å². The van der Waals surface area contributed by atoms with Crippen molar-refractivity contribution in [1.82, 2.24) is 9.21 Å². The third-order valence-corrected chi connectivity index (χ3v) is 9.84. The number of anilines is 1. The zero-order valence-corrected chi connectivity index (χ0v) is 21.3. The molecule has 8 heteroatoms. The van der Waals surface area contributed by atoms with E-state index in [1.807, 2.05) is 6.07 Å². The van der Waals surface area contributed by atoms with Crippen LogP contribution in [-0.4, -0.2) is 75.5 Å². The molecule has 0 saturated carbocycles. The second-order valence-electron chi connectivity index (χ2n) is 10.2. The molecular weight excluding hydrogens is 462 g/mol. The first kappa shape index (κ1) is 24.3. The minimum absolute atomic E-state index is 0.0742. The number of hydrogen-bond donors (Lipinski definition) is 0. The number of ether oxygens (including phenoxy) is 1. The van der Waals surface area contributed by atoms with Crippen molar-refractivity contribution in [2.45, 2.75) is 43.6 Å². The van der Waals surface area contributed by atoms with Crippen LogP contribution in [0.2, 0.25) is 0 Å². The Morgan fingerprint density at radius 3 is 2.23 bits per heavy atom. The van der Waals surface area contributed by atoms with E-state index in [2.05, 4.69) is 41.0 Å². The highest BCUT2D eigenvalue weighted by molar-refractivity contribution is 7.89. The van der Waals surface area contributed by atoms with Crippen LogP contribution >= 0.6 is 0 Å². The minimum atomic E-state index is -3.52. The van der Waals surface area contributed by atoms with Gasteiger partial charge in [-0.05, 0) is 50.5 Å². The summed E-state index contributed by atoms with van der Waals surface area (Å²) >= 11 is 0. The Kier molecular flexibility index (Phi) is 6.88. The number of sulfonamides is 1. The number of benzene rings is 2. The molecule has 0 aromatic heterocycles. The van der Waals surface area contributed by atoms with Gasteiger partial charge in [-0.15, -0.1) is 0 Å². The molecule has 0 unspecified atom stereocenters. The van der Waals surface area contributed by atoms with Crippen LogP contribution in [0.1, 0.15) is 31.2 Å². The van der Waals surface area contributed by atoms with E-state index in [0.717, 1.165) is 39.1 Å². The van der Waals surface area contributed by atoms with E-state index >= 15 is 0 Å². The number of rotatable bonds is 6. The van der Waals surface area contributed by atoms with Crippen molar-refractivity contribution in [3.63, 3.8) is 0 Å². The van der Waals surface area contributed by atoms with Gasteiger partial charge in [0.1, 0.15) is 6.10 Å². The van der Waals surface area contributed by atoms with Crippen molar-refractivity contribution in [3.8, 4) is 0 Å². The molecule has 7 nitrogen and oxygen atoms in total. The Bertz CT molecular complexity index is 1120. The molecule has 3 heterocycles. The maximum absolute atomic E-state index is 12.9. The molecule has 0 N–H and O–H groups in total. The van der Waals surface area contributed by atoms with Crippen molar-refractivity contribution in [2.75, 3.05) is 50.7 Å². The van der Waals surface area contributed by atoms with Crippen LogP contribution in [0.25, 0.3) is 0 Å². The summed E-state index contributed by atoms with van der Waals surface area (Å²) in [6.45, 7) is 7.77. The van der Waals surface area contributed by atoms with Gasteiger partial charge in [0.15, 0.2) is 0 Å². The Morgan fingerprint density at radius 2 is 1.57 bits per heavy atom. The van der Waals surface area contributed by atoms with Crippen LogP contribution in [0.3, 0.4) is 0 Å². The van der Waals surface area contributed by atoms with Gasteiger partial charge in [-0.3, -0.25) is 9.69 Å². The average molecular weight is 498 g/mol. The predicted octanol–water partition coefficient (Wildman–Crippen LogP) is 3.29. The molecule has 3 fully saturated rings. The van der Waals surface area contributed by atoms with E-state index in [-0.39, 0.29) is 12.1 Å². The van der Waals surface area contributed by atoms with Gasteiger partial charge in [-0.1, -0.05) is 35.9 Å². The van der Waals surface area contributed by atoms with Gasteiger partial charge in [0, 0.05) is 57.9 Å². The monoisotopic (exact) mass is 497 g/mol. The summed E-state index contributed by atoms with van der Waals surface area (Å²) in [6.07, 6.45) is 2.53. The lowest BCUT2D eigenvalue weighted by molar-refractivity contribution is -0.150. The number of piperazine rings is 1. The molecule has 3 aliphatic rings. The SMILES string of the molecule is Cc1ccc(N2CCN(CC[C@@H]3CC4(CCN(S(=O)(=O)c5ccccc5)CC4)C(=O)O3)CC2)cc1. The van der Waals surface area contributed by atoms with Gasteiger partial charge in [-0.2, -0.15) is 4.31 Å². The third-order valence-electron chi connectivity index (χ3n) is 7.92. The van der Waals surface area contributed by atoms with Crippen LogP contribution in [0.5, 0.6) is 0 Å². The average Bonchev–Trinajstić information content (AvgIpc) is 3.18. The number of cyclic esters (lactones) is 1. The van der Waals surface area contributed by atoms with E-state index in [0.29, 0.717) is 37.2 Å². The normalized spacial score (nSPS) is 23.5. The molecule has 0 aliphatic carbocycles. The summed E-state index contributed by atoms with van der Waals surface area (Å²) in [7, 11) is -3.52. The first-order valence-corrected chi connectivity index (χ1v) is 14.1. The van der Waals surface area contributed by atoms with Gasteiger partial charge >= 0.3 is 5.97 Å². The van der Waals surface area contributed by atoms with Crippen molar-refractivity contribution < 1.29 is 17.9 Å². The number of hydrogen-bond acceptors (Lipinski definition) is 6. The largest absolute Gasteiger partial charge is 0.462 e. The number of carbonyl (C=O) groups is 1. The van der Waals surface area contributed by atoms with Crippen LogP contribution in [-0.2, 0) is 19.6 Å². The lowest BCUT2D eigenvalue weighted by Gasteiger charge is -2.36. The fraction of sp³-hybridized carbons (Fsp3) is 0.519. The molecule has 5 rings (SSSR count). The summed E-state index contributed by atoms with van der Waals surface area (Å²) in [4.78, 5) is 18.0. The lowest BCUT2D eigenvalue weighted by atomic mass is 9.76. The Labute approximate surface area is 208 Å². The smallest absolute Gasteiger partial charge is 0.312 e. The van der Waals surface area contributed by atoms with Gasteiger partial charge in [0.2, 0.25) is 10.0 Å². The molecule has 2 aromatic rings. The molecule has 0 amide bonds. The van der Waals surface area contributed by atoms with Gasteiger partial charge in [0.05, 0.1) is 10.3 Å². The van der Waals surface area contributed by atoms with Crippen molar-refractivity contribution in [1.29, 1.82) is 0 Å². The lowest BCUT2D eigenvalue weighted by Crippen LogP contribution is -2.47. The van der Waals surface area contributed by atoms with Crippen molar-refractivity contribution in [2.24, 2.45) is 5.41 Å². The van der Waals surface area contributed by atoms with Gasteiger partial charge in [0.25, 0.3) is 0 Å². The van der Waals surface area contributed by atoms with Crippen LogP contribution < -0.4 is 4.90 Å². The first-order valence-electron chi connectivity index (χ1n) is 12.7. The Morgan fingerprint density at radius 1 is 0.914 bits per heavy atom. The molecule has 2 aromatic carbocycles. The summed E-state index contributed by atoms with van der Waals surface area (Å²) in [5.41, 5.74) is 2.03. The fourth-order valence-electron chi connectivity index (χ4n) is 5.61. The Balaban J connectivity index is 1.10. The maximum Gasteiger partial charge on any atom is 0.312 e. The zero-order valence-electron chi connectivity index (χ0n) is 20.4. The van der Waals surface area contributed by atoms with E-state index in [1.54, 1.807) is 24.3 Å². The first-order chi connectivity index (χ1) is 16.9.